The van der Waals surface area contributed by atoms with Crippen molar-refractivity contribution in [1.82, 2.24) is 19.4 Å². The van der Waals surface area contributed by atoms with Gasteiger partial charge in [0, 0.05) is 48.4 Å². The molecule has 2 aromatic carbocycles. The number of ether oxygens (including phenoxy) is 2. The monoisotopic (exact) mass is 524 g/mol. The molecule has 0 bridgehead atoms. The molecule has 194 valence electrons. The lowest BCUT2D eigenvalue weighted by Crippen LogP contribution is -2.30. The maximum absolute atomic E-state index is 11.9. The van der Waals surface area contributed by atoms with Gasteiger partial charge in [-0.25, -0.2) is 9.97 Å². The molecule has 4 aromatic rings. The number of hydrogen-bond donors (Lipinski definition) is 1. The first kappa shape index (κ1) is 26.2. The van der Waals surface area contributed by atoms with Crippen LogP contribution in [0.1, 0.15) is 13.3 Å². The topological polar surface area (TPSA) is 108 Å². The molecule has 1 N–H and O–H groups in total. The number of anilines is 2. The number of aromatic nitrogens is 3. The minimum Gasteiger partial charge on any atom is -0.494 e. The number of rotatable bonds is 10. The van der Waals surface area contributed by atoms with Crippen LogP contribution < -0.4 is 14.8 Å². The van der Waals surface area contributed by atoms with Crippen LogP contribution in [-0.4, -0.2) is 58.2 Å². The summed E-state index contributed by atoms with van der Waals surface area (Å²) in [5.41, 5.74) is 2.56. The van der Waals surface area contributed by atoms with Gasteiger partial charge in [0.25, 0.3) is 0 Å². The first-order valence-electron chi connectivity index (χ1n) is 11.7. The summed E-state index contributed by atoms with van der Waals surface area (Å²) in [6, 6.07) is 10.8. The lowest BCUT2D eigenvalue weighted by molar-refractivity contribution is -0.386. The van der Waals surface area contributed by atoms with Crippen molar-refractivity contribution in [2.75, 3.05) is 33.1 Å². The van der Waals surface area contributed by atoms with Crippen LogP contribution >= 0.6 is 11.6 Å². The number of likely N-dealkylation sites (N-methyl/N-ethyl adjacent to an activating group) is 1. The first-order chi connectivity index (χ1) is 17.7. The summed E-state index contributed by atoms with van der Waals surface area (Å²) in [6.07, 6.45) is 3.92. The number of nitro groups is 1. The van der Waals surface area contributed by atoms with Gasteiger partial charge in [-0.1, -0.05) is 36.7 Å². The summed E-state index contributed by atoms with van der Waals surface area (Å²) < 4.78 is 13.5. The van der Waals surface area contributed by atoms with Crippen molar-refractivity contribution in [3.05, 3.63) is 63.9 Å². The smallest absolute Gasteiger partial charge is 0.313 e. The van der Waals surface area contributed by atoms with Crippen molar-refractivity contribution < 1.29 is 14.4 Å². The fourth-order valence-corrected chi connectivity index (χ4v) is 4.35. The lowest BCUT2D eigenvalue weighted by atomic mass is 10.1. The predicted octanol–water partition coefficient (Wildman–Crippen LogP) is 5.67. The lowest BCUT2D eigenvalue weighted by Gasteiger charge is -2.22. The van der Waals surface area contributed by atoms with E-state index >= 15 is 0 Å². The molecule has 0 aliphatic carbocycles. The van der Waals surface area contributed by atoms with Crippen LogP contribution in [0, 0.1) is 10.1 Å². The number of methoxy groups -OCH3 is 1. The highest BCUT2D eigenvalue weighted by Gasteiger charge is 2.24. The molecule has 4 rings (SSSR count). The van der Waals surface area contributed by atoms with E-state index in [2.05, 4.69) is 15.3 Å². The zero-order valence-electron chi connectivity index (χ0n) is 21.4. The van der Waals surface area contributed by atoms with Crippen LogP contribution in [0.2, 0.25) is 5.02 Å². The number of benzene rings is 2. The Hall–Kier alpha value is -3.89. The summed E-state index contributed by atoms with van der Waals surface area (Å²) in [5, 5.41) is 16.4. The van der Waals surface area contributed by atoms with Crippen LogP contribution in [0.4, 0.5) is 17.3 Å². The van der Waals surface area contributed by atoms with Crippen molar-refractivity contribution in [3.63, 3.8) is 0 Å². The predicted molar refractivity (Wildman–Crippen MR) is 145 cm³/mol. The number of hydrogen-bond acceptors (Lipinski definition) is 8. The van der Waals surface area contributed by atoms with Crippen molar-refractivity contribution in [1.29, 1.82) is 0 Å². The Labute approximate surface area is 219 Å². The summed E-state index contributed by atoms with van der Waals surface area (Å²) in [4.78, 5) is 22.3. The summed E-state index contributed by atoms with van der Waals surface area (Å²) in [7, 11) is 7.28. The van der Waals surface area contributed by atoms with Crippen LogP contribution in [0.5, 0.6) is 11.5 Å². The van der Waals surface area contributed by atoms with Gasteiger partial charge >= 0.3 is 5.69 Å². The average molecular weight is 525 g/mol. The van der Waals surface area contributed by atoms with Gasteiger partial charge in [-0.3, -0.25) is 10.1 Å². The number of aryl methyl sites for hydroxylation is 1. The molecule has 0 amide bonds. The molecule has 2 heterocycles. The molecule has 2 aromatic heterocycles. The zero-order chi connectivity index (χ0) is 26.7. The summed E-state index contributed by atoms with van der Waals surface area (Å²) in [5.74, 6) is 0.702. The van der Waals surface area contributed by atoms with E-state index in [0.717, 1.165) is 16.5 Å². The van der Waals surface area contributed by atoms with Crippen molar-refractivity contribution >= 4 is 39.8 Å². The van der Waals surface area contributed by atoms with Crippen LogP contribution in [-0.2, 0) is 7.05 Å². The van der Waals surface area contributed by atoms with Gasteiger partial charge in [0.05, 0.1) is 34.6 Å². The van der Waals surface area contributed by atoms with Crippen molar-refractivity contribution in [3.8, 4) is 22.8 Å². The van der Waals surface area contributed by atoms with E-state index < -0.39 is 4.92 Å². The van der Waals surface area contributed by atoms with Gasteiger partial charge in [-0.15, -0.1) is 0 Å². The fraction of sp³-hybridized carbons (Fsp3) is 0.308. The minimum atomic E-state index is -0.480. The van der Waals surface area contributed by atoms with E-state index in [4.69, 9.17) is 21.1 Å². The van der Waals surface area contributed by atoms with E-state index in [-0.39, 0.29) is 23.5 Å². The number of para-hydroxylation sites is 1. The summed E-state index contributed by atoms with van der Waals surface area (Å²) >= 11 is 6.49. The molecule has 0 aliphatic rings. The SMILES string of the molecule is CC[C@@H](CN(C)C)Oc1cc(OC)c(Nc2ncc(Cl)c(-c3cn(C)c4ccccc34)n2)cc1[N+](=O)[O-]. The van der Waals surface area contributed by atoms with Gasteiger partial charge in [-0.05, 0) is 26.6 Å². The Balaban J connectivity index is 1.72. The molecule has 1 atom stereocenters. The highest BCUT2D eigenvalue weighted by atomic mass is 35.5. The third-order valence-corrected chi connectivity index (χ3v) is 6.21. The number of nitrogens with zero attached hydrogens (tertiary/aromatic N) is 5. The van der Waals surface area contributed by atoms with Gasteiger partial charge in [0.15, 0.2) is 0 Å². The molecule has 0 radical (unpaired) electrons. The Morgan fingerprint density at radius 1 is 1.24 bits per heavy atom. The van der Waals surface area contributed by atoms with E-state index in [1.807, 2.05) is 68.0 Å². The van der Waals surface area contributed by atoms with Gasteiger partial charge in [0.2, 0.25) is 11.7 Å². The quantitative estimate of drug-likeness (QED) is 0.209. The summed E-state index contributed by atoms with van der Waals surface area (Å²) in [6.45, 7) is 2.59. The van der Waals surface area contributed by atoms with E-state index in [1.54, 1.807) is 0 Å². The molecule has 37 heavy (non-hydrogen) atoms. The molecule has 0 saturated heterocycles. The molecule has 0 fully saturated rings. The standard InChI is InChI=1S/C26H29ClN6O4/c1-6-16(14-31(2)3)37-24-12-23(36-5)20(11-22(24)33(34)35)29-26-28-13-19(27)25(30-26)18-15-32(4)21-10-8-7-9-17(18)21/h7-13,15-16H,6,14H2,1-5H3,(H,28,29,30)/t16-/m0/s1. The normalized spacial score (nSPS) is 12.1. The maximum atomic E-state index is 11.9. The molecular formula is C26H29ClN6O4. The first-order valence-corrected chi connectivity index (χ1v) is 12.1. The highest BCUT2D eigenvalue weighted by Crippen LogP contribution is 2.40. The number of halogens is 1. The maximum Gasteiger partial charge on any atom is 0.313 e. The molecular weight excluding hydrogens is 496 g/mol. The highest BCUT2D eigenvalue weighted by molar-refractivity contribution is 6.33. The van der Waals surface area contributed by atoms with Crippen LogP contribution in [0.3, 0.4) is 0 Å². The number of fused-ring (bicyclic) bond motifs is 1. The van der Waals surface area contributed by atoms with Crippen LogP contribution in [0.15, 0.2) is 48.8 Å². The van der Waals surface area contributed by atoms with Crippen molar-refractivity contribution in [2.45, 2.75) is 19.4 Å². The molecule has 0 aliphatic heterocycles. The number of nitro benzene ring substituents is 1. The Kier molecular flexibility index (Phi) is 7.80. The molecule has 10 nitrogen and oxygen atoms in total. The van der Waals surface area contributed by atoms with Crippen LogP contribution in [0.25, 0.3) is 22.2 Å². The third-order valence-electron chi connectivity index (χ3n) is 5.94. The zero-order valence-corrected chi connectivity index (χ0v) is 22.1. The van der Waals surface area contributed by atoms with Gasteiger partial charge in [0.1, 0.15) is 11.9 Å². The van der Waals surface area contributed by atoms with E-state index in [9.17, 15) is 10.1 Å². The minimum absolute atomic E-state index is 0.134. The second kappa shape index (κ2) is 11.0. The molecule has 11 heteroatoms. The Morgan fingerprint density at radius 2 is 2.00 bits per heavy atom. The van der Waals surface area contributed by atoms with Crippen molar-refractivity contribution in [2.24, 2.45) is 7.05 Å². The van der Waals surface area contributed by atoms with E-state index in [1.165, 1.54) is 25.4 Å². The second-order valence-electron chi connectivity index (χ2n) is 8.87. The third kappa shape index (κ3) is 5.60. The molecule has 0 spiro atoms. The molecule has 0 unspecified atom stereocenters. The van der Waals surface area contributed by atoms with Gasteiger partial charge < -0.3 is 24.3 Å². The Morgan fingerprint density at radius 3 is 2.68 bits per heavy atom. The van der Waals surface area contributed by atoms with Gasteiger partial charge in [-0.2, -0.15) is 0 Å². The Bertz CT molecular complexity index is 1440. The fourth-order valence-electron chi connectivity index (χ4n) is 4.16. The largest absolute Gasteiger partial charge is 0.494 e. The molecule has 0 saturated carbocycles. The second-order valence-corrected chi connectivity index (χ2v) is 9.28. The average Bonchev–Trinajstić information content (AvgIpc) is 3.21. The number of nitrogens with one attached hydrogen (secondary N) is 1. The van der Waals surface area contributed by atoms with E-state index in [0.29, 0.717) is 35.1 Å².